The molecule has 2 rings (SSSR count). The maximum absolute atomic E-state index is 11.8. The van der Waals surface area contributed by atoms with Gasteiger partial charge in [-0.2, -0.15) is 0 Å². The van der Waals surface area contributed by atoms with E-state index in [4.69, 9.17) is 0 Å². The van der Waals surface area contributed by atoms with E-state index in [1.165, 1.54) is 0 Å². The second kappa shape index (κ2) is 3.73. The van der Waals surface area contributed by atoms with Gasteiger partial charge >= 0.3 is 0 Å². The number of hydrogen-bond acceptors (Lipinski definition) is 2. The Morgan fingerprint density at radius 1 is 1.07 bits per heavy atom. The highest BCUT2D eigenvalue weighted by Gasteiger charge is 2.29. The highest BCUT2D eigenvalue weighted by molar-refractivity contribution is 7.91. The molecular weight excluding hydrogens is 196 g/mol. The lowest BCUT2D eigenvalue weighted by Gasteiger charge is -2.22. The zero-order valence-electron chi connectivity index (χ0n) is 8.02. The zero-order valence-corrected chi connectivity index (χ0v) is 8.83. The molecule has 0 bridgehead atoms. The monoisotopic (exact) mass is 210 g/mol. The predicted octanol–water partition coefficient (Wildman–Crippen LogP) is 2.33. The Kier molecular flexibility index (Phi) is 2.59. The van der Waals surface area contributed by atoms with E-state index in [1.54, 1.807) is 0 Å². The molecule has 0 spiro atoms. The van der Waals surface area contributed by atoms with Crippen LogP contribution in [0.5, 0.6) is 0 Å². The number of benzene rings is 1. The van der Waals surface area contributed by atoms with Crippen molar-refractivity contribution < 1.29 is 8.42 Å². The predicted molar refractivity (Wildman–Crippen MR) is 56.8 cm³/mol. The average Bonchev–Trinajstić information content (AvgIpc) is 2.18. The molecule has 0 amide bonds. The van der Waals surface area contributed by atoms with E-state index in [1.807, 2.05) is 30.3 Å². The second-order valence-electron chi connectivity index (χ2n) is 3.76. The van der Waals surface area contributed by atoms with Gasteiger partial charge in [0.15, 0.2) is 9.84 Å². The van der Waals surface area contributed by atoms with E-state index in [0.717, 1.165) is 24.8 Å². The summed E-state index contributed by atoms with van der Waals surface area (Å²) in [5, 5.41) is -0.252. The van der Waals surface area contributed by atoms with Crippen molar-refractivity contribution in [2.75, 3.05) is 5.75 Å². The molecule has 1 aromatic rings. The Labute approximate surface area is 84.9 Å². The fourth-order valence-corrected chi connectivity index (χ4v) is 3.99. The highest BCUT2D eigenvalue weighted by Crippen LogP contribution is 2.32. The third-order valence-corrected chi connectivity index (χ3v) is 4.98. The van der Waals surface area contributed by atoms with Gasteiger partial charge in [0.2, 0.25) is 0 Å². The molecule has 1 aliphatic heterocycles. The second-order valence-corrected chi connectivity index (χ2v) is 6.07. The van der Waals surface area contributed by atoms with Gasteiger partial charge in [-0.25, -0.2) is 8.42 Å². The Hall–Kier alpha value is -0.830. The van der Waals surface area contributed by atoms with Crippen LogP contribution in [-0.4, -0.2) is 14.2 Å². The molecule has 1 aromatic carbocycles. The minimum absolute atomic E-state index is 0.252. The molecule has 1 atom stereocenters. The van der Waals surface area contributed by atoms with E-state index < -0.39 is 9.84 Å². The molecule has 3 heteroatoms. The van der Waals surface area contributed by atoms with Crippen molar-refractivity contribution in [3.8, 4) is 0 Å². The van der Waals surface area contributed by atoms with Gasteiger partial charge in [-0.3, -0.25) is 0 Å². The van der Waals surface area contributed by atoms with Crippen molar-refractivity contribution in [2.24, 2.45) is 0 Å². The van der Waals surface area contributed by atoms with Crippen molar-refractivity contribution in [1.82, 2.24) is 0 Å². The lowest BCUT2D eigenvalue weighted by atomic mass is 10.1. The van der Waals surface area contributed by atoms with Crippen LogP contribution in [0.25, 0.3) is 0 Å². The van der Waals surface area contributed by atoms with Crippen LogP contribution in [0, 0.1) is 0 Å². The maximum atomic E-state index is 11.8. The summed E-state index contributed by atoms with van der Waals surface area (Å²) in [5.74, 6) is 0.354. The summed E-state index contributed by atoms with van der Waals surface area (Å²) in [4.78, 5) is 0. The average molecular weight is 210 g/mol. The minimum Gasteiger partial charge on any atom is -0.228 e. The van der Waals surface area contributed by atoms with Gasteiger partial charge in [-0.1, -0.05) is 36.8 Å². The molecule has 0 saturated carbocycles. The molecule has 76 valence electrons. The number of rotatable bonds is 1. The topological polar surface area (TPSA) is 34.1 Å². The van der Waals surface area contributed by atoms with E-state index in [9.17, 15) is 8.42 Å². The maximum Gasteiger partial charge on any atom is 0.157 e. The molecule has 1 saturated heterocycles. The molecule has 2 nitrogen and oxygen atoms in total. The summed E-state index contributed by atoms with van der Waals surface area (Å²) in [5.41, 5.74) is 0.951. The Morgan fingerprint density at radius 2 is 1.79 bits per heavy atom. The molecule has 1 unspecified atom stereocenters. The first-order chi connectivity index (χ1) is 6.70. The van der Waals surface area contributed by atoms with Crippen LogP contribution < -0.4 is 0 Å². The highest BCUT2D eigenvalue weighted by atomic mass is 32.2. The Bertz CT molecular complexity index is 395. The van der Waals surface area contributed by atoms with Crippen LogP contribution in [0.2, 0.25) is 0 Å². The summed E-state index contributed by atoms with van der Waals surface area (Å²) < 4.78 is 23.6. The quantitative estimate of drug-likeness (QED) is 0.713. The van der Waals surface area contributed by atoms with Gasteiger partial charge in [-0.05, 0) is 18.4 Å². The first-order valence-electron chi connectivity index (χ1n) is 4.97. The summed E-state index contributed by atoms with van der Waals surface area (Å²) in [7, 11) is -2.88. The van der Waals surface area contributed by atoms with Gasteiger partial charge in [0.1, 0.15) is 0 Å². The van der Waals surface area contributed by atoms with Crippen LogP contribution in [0.3, 0.4) is 0 Å². The fraction of sp³-hybridized carbons (Fsp3) is 0.455. The van der Waals surface area contributed by atoms with Gasteiger partial charge < -0.3 is 0 Å². The van der Waals surface area contributed by atoms with Crippen molar-refractivity contribution >= 4 is 9.84 Å². The lowest BCUT2D eigenvalue weighted by Crippen LogP contribution is -2.21. The van der Waals surface area contributed by atoms with Crippen LogP contribution in [0.4, 0.5) is 0 Å². The molecule has 0 radical (unpaired) electrons. The van der Waals surface area contributed by atoms with Crippen LogP contribution in [0.1, 0.15) is 30.1 Å². The van der Waals surface area contributed by atoms with Crippen LogP contribution in [-0.2, 0) is 9.84 Å². The summed E-state index contributed by atoms with van der Waals surface area (Å²) in [6.07, 6.45) is 2.64. The normalized spacial score (nSPS) is 25.9. The Balaban J connectivity index is 2.34. The zero-order chi connectivity index (χ0) is 10.0. The molecule has 1 heterocycles. The standard InChI is InChI=1S/C11H14O2S/c12-14(13)9-5-4-8-11(14)10-6-2-1-3-7-10/h1-3,6-7,11H,4-5,8-9H2. The molecule has 0 N–H and O–H groups in total. The SMILES string of the molecule is O=S1(=O)CCCCC1c1ccccc1. The molecule has 14 heavy (non-hydrogen) atoms. The smallest absolute Gasteiger partial charge is 0.157 e. The van der Waals surface area contributed by atoms with Crippen LogP contribution in [0.15, 0.2) is 30.3 Å². The molecule has 1 fully saturated rings. The van der Waals surface area contributed by atoms with Crippen molar-refractivity contribution in [2.45, 2.75) is 24.5 Å². The van der Waals surface area contributed by atoms with Crippen LogP contribution >= 0.6 is 0 Å². The van der Waals surface area contributed by atoms with Gasteiger partial charge in [-0.15, -0.1) is 0 Å². The first-order valence-corrected chi connectivity index (χ1v) is 6.68. The van der Waals surface area contributed by atoms with E-state index in [-0.39, 0.29) is 5.25 Å². The van der Waals surface area contributed by atoms with Gasteiger partial charge in [0, 0.05) is 0 Å². The van der Waals surface area contributed by atoms with Crippen molar-refractivity contribution in [3.63, 3.8) is 0 Å². The largest absolute Gasteiger partial charge is 0.228 e. The molecule has 0 aliphatic carbocycles. The molecule has 1 aliphatic rings. The third kappa shape index (κ3) is 1.82. The van der Waals surface area contributed by atoms with Gasteiger partial charge in [0.05, 0.1) is 11.0 Å². The summed E-state index contributed by atoms with van der Waals surface area (Å²) in [6.45, 7) is 0. The lowest BCUT2D eigenvalue weighted by molar-refractivity contribution is 0.546. The number of hydrogen-bond donors (Lipinski definition) is 0. The van der Waals surface area contributed by atoms with Gasteiger partial charge in [0.25, 0.3) is 0 Å². The Morgan fingerprint density at radius 3 is 2.43 bits per heavy atom. The fourth-order valence-electron chi connectivity index (χ4n) is 2.00. The molecule has 0 aromatic heterocycles. The minimum atomic E-state index is -2.88. The summed E-state index contributed by atoms with van der Waals surface area (Å²) in [6, 6.07) is 9.54. The first kappa shape index (κ1) is 9.71. The molecular formula is C11H14O2S. The van der Waals surface area contributed by atoms with Crippen molar-refractivity contribution in [1.29, 1.82) is 0 Å². The van der Waals surface area contributed by atoms with Crippen molar-refractivity contribution in [3.05, 3.63) is 35.9 Å². The third-order valence-electron chi connectivity index (χ3n) is 2.75. The van der Waals surface area contributed by atoms with E-state index >= 15 is 0 Å². The van der Waals surface area contributed by atoms with E-state index in [2.05, 4.69) is 0 Å². The van der Waals surface area contributed by atoms with E-state index in [0.29, 0.717) is 5.75 Å². The summed E-state index contributed by atoms with van der Waals surface area (Å²) >= 11 is 0. The number of sulfone groups is 1.